The van der Waals surface area contributed by atoms with Crippen molar-refractivity contribution in [1.29, 1.82) is 0 Å². The molecule has 0 unspecified atom stereocenters. The van der Waals surface area contributed by atoms with Gasteiger partial charge in [0, 0.05) is 20.0 Å². The summed E-state index contributed by atoms with van der Waals surface area (Å²) >= 11 is 0. The number of benzene rings is 2. The van der Waals surface area contributed by atoms with Gasteiger partial charge in [-0.3, -0.25) is 24.1 Å². The van der Waals surface area contributed by atoms with E-state index in [1.54, 1.807) is 49.4 Å². The lowest BCUT2D eigenvalue weighted by molar-refractivity contribution is -0.154. The predicted octanol–water partition coefficient (Wildman–Crippen LogP) is 1.40. The van der Waals surface area contributed by atoms with Gasteiger partial charge >= 0.3 is 6.09 Å². The first-order valence-corrected chi connectivity index (χ1v) is 13.4. The molecule has 216 valence electrons. The molecular weight excluding hydrogens is 528 g/mol. The Bertz CT molecular complexity index is 1330. The van der Waals surface area contributed by atoms with Crippen molar-refractivity contribution in [1.82, 2.24) is 20.4 Å². The Morgan fingerprint density at radius 1 is 1.02 bits per heavy atom. The number of nitrogens with one attached hydrogen (secondary N) is 2. The Balaban J connectivity index is 1.38. The maximum atomic E-state index is 13.6. The number of guanidine groups is 1. The van der Waals surface area contributed by atoms with Crippen molar-refractivity contribution in [3.05, 3.63) is 71.8 Å². The zero-order chi connectivity index (χ0) is 29.6. The molecule has 4 rings (SSSR count). The highest BCUT2D eigenvalue weighted by atomic mass is 16.5. The van der Waals surface area contributed by atoms with Crippen LogP contribution in [0.3, 0.4) is 0 Å². The fraction of sp³-hybridized carbons (Fsp3) is 0.379. The molecule has 0 aliphatic carbocycles. The van der Waals surface area contributed by atoms with Crippen molar-refractivity contribution < 1.29 is 28.7 Å². The van der Waals surface area contributed by atoms with E-state index < -0.39 is 41.4 Å². The van der Waals surface area contributed by atoms with E-state index >= 15 is 0 Å². The minimum atomic E-state index is -1.37. The lowest BCUT2D eigenvalue weighted by Crippen LogP contribution is -2.66. The molecule has 0 aromatic heterocycles. The van der Waals surface area contributed by atoms with Gasteiger partial charge in [-0.2, -0.15) is 0 Å². The predicted molar refractivity (Wildman–Crippen MR) is 149 cm³/mol. The Hall–Kier alpha value is -4.74. The van der Waals surface area contributed by atoms with E-state index in [9.17, 15) is 24.0 Å². The second-order valence-corrected chi connectivity index (χ2v) is 10.2. The number of rotatable bonds is 7. The van der Waals surface area contributed by atoms with Crippen LogP contribution in [0.1, 0.15) is 44.2 Å². The number of ether oxygens (including phenoxy) is 1. The molecule has 2 aromatic rings. The molecule has 0 radical (unpaired) electrons. The SMILES string of the molecule is CC(=O)N[C@@](C)(C(=O)N1CC[C@H]1C(=O)N[C@H]1CCCN(/C(N)=N/C(=O)OCc2ccccc2)C1=O)c1ccccc1. The van der Waals surface area contributed by atoms with Crippen LogP contribution in [0.25, 0.3) is 0 Å². The lowest BCUT2D eigenvalue weighted by atomic mass is 9.87. The zero-order valence-electron chi connectivity index (χ0n) is 23.0. The molecular formula is C29H34N6O6. The molecule has 3 atom stereocenters. The minimum absolute atomic E-state index is 0.00491. The lowest BCUT2D eigenvalue weighted by Gasteiger charge is -2.45. The largest absolute Gasteiger partial charge is 0.443 e. The average Bonchev–Trinajstić information content (AvgIpc) is 2.93. The van der Waals surface area contributed by atoms with E-state index in [2.05, 4.69) is 15.6 Å². The van der Waals surface area contributed by atoms with Crippen LogP contribution < -0.4 is 16.4 Å². The highest BCUT2D eigenvalue weighted by Gasteiger charge is 2.47. The molecule has 0 spiro atoms. The second-order valence-electron chi connectivity index (χ2n) is 10.2. The fourth-order valence-electron chi connectivity index (χ4n) is 4.97. The van der Waals surface area contributed by atoms with Gasteiger partial charge in [0.15, 0.2) is 0 Å². The second kappa shape index (κ2) is 12.6. The van der Waals surface area contributed by atoms with Gasteiger partial charge in [-0.05, 0) is 37.3 Å². The molecule has 2 aliphatic rings. The Morgan fingerprint density at radius 2 is 1.68 bits per heavy atom. The molecule has 0 bridgehead atoms. The summed E-state index contributed by atoms with van der Waals surface area (Å²) in [7, 11) is 0. The van der Waals surface area contributed by atoms with Gasteiger partial charge < -0.3 is 26.0 Å². The van der Waals surface area contributed by atoms with E-state index in [-0.39, 0.29) is 25.0 Å². The van der Waals surface area contributed by atoms with Crippen molar-refractivity contribution in [2.45, 2.75) is 57.3 Å². The molecule has 41 heavy (non-hydrogen) atoms. The Morgan fingerprint density at radius 3 is 2.29 bits per heavy atom. The van der Waals surface area contributed by atoms with Crippen LogP contribution in [0.5, 0.6) is 0 Å². The summed E-state index contributed by atoms with van der Waals surface area (Å²) < 4.78 is 5.11. The van der Waals surface area contributed by atoms with Gasteiger partial charge in [0.2, 0.25) is 17.8 Å². The third-order valence-corrected chi connectivity index (χ3v) is 7.23. The van der Waals surface area contributed by atoms with Gasteiger partial charge in [0.25, 0.3) is 11.8 Å². The molecule has 12 heteroatoms. The standard InChI is InChI=1S/C29H34N6O6/c1-19(36)33-29(2,21-12-7-4-8-13-21)26(39)34-17-15-23(34)24(37)31-22-14-9-16-35(25(22)38)27(30)32-28(40)41-18-20-10-5-3-6-11-20/h3-8,10-13,22-23H,9,14-18H2,1-2H3,(H,31,37)(H,33,36)(H2,30,32,40)/t22-,23-,29+/m0/s1. The van der Waals surface area contributed by atoms with Crippen molar-refractivity contribution in [2.24, 2.45) is 10.7 Å². The van der Waals surface area contributed by atoms with Crippen molar-refractivity contribution in [2.75, 3.05) is 13.1 Å². The Labute approximate surface area is 237 Å². The number of hydrogen-bond donors (Lipinski definition) is 3. The van der Waals surface area contributed by atoms with Gasteiger partial charge in [-0.15, -0.1) is 4.99 Å². The Kier molecular flexibility index (Phi) is 9.00. The van der Waals surface area contributed by atoms with E-state index in [0.717, 1.165) is 10.5 Å². The normalized spacial score (nSPS) is 20.3. The molecule has 5 amide bonds. The zero-order valence-corrected chi connectivity index (χ0v) is 23.0. The molecule has 4 N–H and O–H groups in total. The van der Waals surface area contributed by atoms with Crippen molar-refractivity contribution in [3.8, 4) is 0 Å². The summed E-state index contributed by atoms with van der Waals surface area (Å²) in [5.74, 6) is -2.12. The van der Waals surface area contributed by atoms with Crippen LogP contribution in [0.4, 0.5) is 4.79 Å². The molecule has 2 saturated heterocycles. The third-order valence-electron chi connectivity index (χ3n) is 7.23. The maximum Gasteiger partial charge on any atom is 0.437 e. The van der Waals surface area contributed by atoms with Gasteiger partial charge in [0.1, 0.15) is 24.2 Å². The third kappa shape index (κ3) is 6.71. The average molecular weight is 563 g/mol. The van der Waals surface area contributed by atoms with Crippen molar-refractivity contribution in [3.63, 3.8) is 0 Å². The summed E-state index contributed by atoms with van der Waals surface area (Å²) in [5.41, 5.74) is 5.95. The maximum absolute atomic E-state index is 13.6. The molecule has 2 aromatic carbocycles. The van der Waals surface area contributed by atoms with Gasteiger partial charge in [-0.25, -0.2) is 4.79 Å². The molecule has 0 saturated carbocycles. The summed E-state index contributed by atoms with van der Waals surface area (Å²) in [6.07, 6.45) is 0.341. The first-order valence-electron chi connectivity index (χ1n) is 13.4. The summed E-state index contributed by atoms with van der Waals surface area (Å²) in [5, 5.41) is 5.47. The molecule has 12 nitrogen and oxygen atoms in total. The number of amides is 5. The number of carbonyl (C=O) groups excluding carboxylic acids is 5. The smallest absolute Gasteiger partial charge is 0.437 e. The van der Waals surface area contributed by atoms with Gasteiger partial charge in [-0.1, -0.05) is 60.7 Å². The fourth-order valence-corrected chi connectivity index (χ4v) is 4.97. The van der Waals surface area contributed by atoms with Crippen LogP contribution >= 0.6 is 0 Å². The number of nitrogens with two attached hydrogens (primary N) is 1. The van der Waals surface area contributed by atoms with Crippen LogP contribution in [0.2, 0.25) is 0 Å². The first-order chi connectivity index (χ1) is 19.6. The summed E-state index contributed by atoms with van der Waals surface area (Å²) in [4.78, 5) is 70.4. The highest BCUT2D eigenvalue weighted by Crippen LogP contribution is 2.29. The number of piperidine rings is 1. The minimum Gasteiger partial charge on any atom is -0.443 e. The first kappa shape index (κ1) is 29.2. The molecule has 2 fully saturated rings. The van der Waals surface area contributed by atoms with E-state index in [0.29, 0.717) is 31.4 Å². The monoisotopic (exact) mass is 562 g/mol. The summed E-state index contributed by atoms with van der Waals surface area (Å²) in [6, 6.07) is 16.1. The van der Waals surface area contributed by atoms with E-state index in [4.69, 9.17) is 10.5 Å². The van der Waals surface area contributed by atoms with Crippen molar-refractivity contribution >= 4 is 35.7 Å². The van der Waals surface area contributed by atoms with Crippen LogP contribution in [-0.4, -0.2) is 70.7 Å². The molecule has 2 aliphatic heterocycles. The number of nitrogens with zero attached hydrogens (tertiary/aromatic N) is 3. The number of hydrogen-bond acceptors (Lipinski definition) is 6. The van der Waals surface area contributed by atoms with Crippen LogP contribution in [0.15, 0.2) is 65.7 Å². The highest BCUT2D eigenvalue weighted by molar-refractivity contribution is 6.04. The van der Waals surface area contributed by atoms with Crippen LogP contribution in [-0.2, 0) is 36.1 Å². The summed E-state index contributed by atoms with van der Waals surface area (Å²) in [6.45, 7) is 3.49. The number of likely N-dealkylation sites (tertiary alicyclic amines) is 2. The molecule has 2 heterocycles. The number of carbonyl (C=O) groups is 5. The van der Waals surface area contributed by atoms with E-state index in [1.807, 2.05) is 18.2 Å². The van der Waals surface area contributed by atoms with Crippen LogP contribution in [0, 0.1) is 0 Å². The number of aliphatic imine (C=N–C) groups is 1. The van der Waals surface area contributed by atoms with E-state index in [1.165, 1.54) is 11.8 Å². The van der Waals surface area contributed by atoms with Gasteiger partial charge in [0.05, 0.1) is 0 Å². The topological polar surface area (TPSA) is 163 Å². The quantitative estimate of drug-likeness (QED) is 0.339.